The molecule has 1 rings (SSSR count). The van der Waals surface area contributed by atoms with Gasteiger partial charge in [-0.1, -0.05) is 13.8 Å². The molecule has 0 unspecified atom stereocenters. The fraction of sp³-hybridized carbons (Fsp3) is 0.556. The third-order valence-electron chi connectivity index (χ3n) is 2.48. The summed E-state index contributed by atoms with van der Waals surface area (Å²) in [6.45, 7) is 3.86. The van der Waals surface area contributed by atoms with E-state index in [4.69, 9.17) is 5.73 Å². The van der Waals surface area contributed by atoms with E-state index in [9.17, 15) is 9.59 Å². The predicted octanol–water partition coefficient (Wildman–Crippen LogP) is -0.409. The minimum absolute atomic E-state index is 0.178. The second-order valence-corrected chi connectivity index (χ2v) is 3.33. The Hall–Kier alpha value is -1.52. The van der Waals surface area contributed by atoms with Crippen molar-refractivity contribution in [1.29, 1.82) is 0 Å². The van der Waals surface area contributed by atoms with Crippen molar-refractivity contribution < 1.29 is 9.59 Å². The summed E-state index contributed by atoms with van der Waals surface area (Å²) in [5, 5.41) is 5.73. The van der Waals surface area contributed by atoms with Gasteiger partial charge in [-0.3, -0.25) is 9.59 Å². The van der Waals surface area contributed by atoms with Crippen LogP contribution in [0.2, 0.25) is 0 Å². The molecule has 0 aromatic rings. The van der Waals surface area contributed by atoms with Gasteiger partial charge in [-0.05, 0) is 12.8 Å². The van der Waals surface area contributed by atoms with E-state index in [0.717, 1.165) is 0 Å². The Kier molecular flexibility index (Phi) is 2.78. The molecular formula is C9H15N3O2. The number of primary amides is 1. The summed E-state index contributed by atoms with van der Waals surface area (Å²) in [6.07, 6.45) is 2.58. The van der Waals surface area contributed by atoms with Crippen molar-refractivity contribution in [3.05, 3.63) is 11.8 Å². The van der Waals surface area contributed by atoms with Crippen molar-refractivity contribution >= 4 is 11.8 Å². The van der Waals surface area contributed by atoms with Crippen LogP contribution in [-0.2, 0) is 9.59 Å². The normalized spacial score (nSPS) is 19.3. The van der Waals surface area contributed by atoms with Gasteiger partial charge in [0.2, 0.25) is 5.91 Å². The van der Waals surface area contributed by atoms with E-state index in [0.29, 0.717) is 12.8 Å². The summed E-state index contributed by atoms with van der Waals surface area (Å²) in [6, 6.07) is 0. The van der Waals surface area contributed by atoms with E-state index in [1.165, 1.54) is 6.08 Å². The van der Waals surface area contributed by atoms with Crippen LogP contribution in [0, 0.1) is 0 Å². The lowest BCUT2D eigenvalue weighted by atomic mass is 10.0. The van der Waals surface area contributed by atoms with Gasteiger partial charge in [-0.15, -0.1) is 0 Å². The van der Waals surface area contributed by atoms with E-state index in [2.05, 4.69) is 10.6 Å². The number of carbonyl (C=O) groups is 2. The zero-order valence-corrected chi connectivity index (χ0v) is 8.39. The first kappa shape index (κ1) is 10.6. The summed E-state index contributed by atoms with van der Waals surface area (Å²) >= 11 is 0. The highest BCUT2D eigenvalue weighted by atomic mass is 16.2. The fourth-order valence-electron chi connectivity index (χ4n) is 1.46. The van der Waals surface area contributed by atoms with E-state index < -0.39 is 11.6 Å². The smallest absolute Gasteiger partial charge is 0.265 e. The maximum atomic E-state index is 11.3. The Labute approximate surface area is 82.7 Å². The molecule has 0 fully saturated rings. The van der Waals surface area contributed by atoms with Gasteiger partial charge < -0.3 is 16.4 Å². The lowest BCUT2D eigenvalue weighted by molar-refractivity contribution is -0.122. The topological polar surface area (TPSA) is 84.2 Å². The molecule has 1 heterocycles. The number of amides is 2. The highest BCUT2D eigenvalue weighted by molar-refractivity contribution is 6.01. The molecule has 0 saturated heterocycles. The van der Waals surface area contributed by atoms with Crippen molar-refractivity contribution in [1.82, 2.24) is 10.6 Å². The number of rotatable bonds is 3. The van der Waals surface area contributed by atoms with E-state index in [1.54, 1.807) is 0 Å². The SMILES string of the molecule is CCC1(CC)NC(=O)C=C(C(N)=O)N1. The Morgan fingerprint density at radius 2 is 2.00 bits per heavy atom. The summed E-state index contributed by atoms with van der Waals surface area (Å²) in [5.74, 6) is -0.882. The van der Waals surface area contributed by atoms with Crippen LogP contribution in [0.25, 0.3) is 0 Å². The van der Waals surface area contributed by atoms with Gasteiger partial charge in [-0.25, -0.2) is 0 Å². The van der Waals surface area contributed by atoms with Crippen LogP contribution in [0.4, 0.5) is 0 Å². The van der Waals surface area contributed by atoms with Gasteiger partial charge in [0.1, 0.15) is 11.4 Å². The van der Waals surface area contributed by atoms with Crippen LogP contribution < -0.4 is 16.4 Å². The monoisotopic (exact) mass is 197 g/mol. The summed E-state index contributed by atoms with van der Waals surface area (Å²) in [4.78, 5) is 22.2. The Morgan fingerprint density at radius 3 is 2.43 bits per heavy atom. The molecule has 0 saturated carbocycles. The zero-order valence-electron chi connectivity index (χ0n) is 8.39. The maximum Gasteiger partial charge on any atom is 0.265 e. The first-order chi connectivity index (χ1) is 6.53. The van der Waals surface area contributed by atoms with Gasteiger partial charge in [0.25, 0.3) is 5.91 Å². The average molecular weight is 197 g/mol. The second-order valence-electron chi connectivity index (χ2n) is 3.33. The predicted molar refractivity (Wildman–Crippen MR) is 51.9 cm³/mol. The minimum atomic E-state index is -0.605. The summed E-state index contributed by atoms with van der Waals surface area (Å²) in [7, 11) is 0. The van der Waals surface area contributed by atoms with Crippen molar-refractivity contribution in [2.45, 2.75) is 32.4 Å². The number of hydrogen-bond acceptors (Lipinski definition) is 3. The summed E-state index contributed by atoms with van der Waals surface area (Å²) < 4.78 is 0. The Morgan fingerprint density at radius 1 is 1.43 bits per heavy atom. The van der Waals surface area contributed by atoms with Crippen molar-refractivity contribution in [3.8, 4) is 0 Å². The number of nitrogens with two attached hydrogens (primary N) is 1. The minimum Gasteiger partial charge on any atom is -0.364 e. The van der Waals surface area contributed by atoms with Gasteiger partial charge in [0.15, 0.2) is 0 Å². The van der Waals surface area contributed by atoms with Gasteiger partial charge in [0.05, 0.1) is 0 Å². The highest BCUT2D eigenvalue weighted by Gasteiger charge is 2.32. The molecule has 0 bridgehead atoms. The molecule has 1 aliphatic heterocycles. The van der Waals surface area contributed by atoms with Crippen molar-refractivity contribution in [2.75, 3.05) is 0 Å². The van der Waals surface area contributed by atoms with Crippen LogP contribution >= 0.6 is 0 Å². The number of hydrogen-bond donors (Lipinski definition) is 3. The number of carbonyl (C=O) groups excluding carboxylic acids is 2. The van der Waals surface area contributed by atoms with Crippen LogP contribution in [0.1, 0.15) is 26.7 Å². The summed E-state index contributed by atoms with van der Waals surface area (Å²) in [5.41, 5.74) is 4.76. The lowest BCUT2D eigenvalue weighted by Gasteiger charge is -2.37. The quantitative estimate of drug-likeness (QED) is 0.575. The van der Waals surface area contributed by atoms with Crippen molar-refractivity contribution in [3.63, 3.8) is 0 Å². The van der Waals surface area contributed by atoms with Crippen LogP contribution in [-0.4, -0.2) is 17.5 Å². The highest BCUT2D eigenvalue weighted by Crippen LogP contribution is 2.16. The zero-order chi connectivity index (χ0) is 10.8. The first-order valence-corrected chi connectivity index (χ1v) is 4.65. The lowest BCUT2D eigenvalue weighted by Crippen LogP contribution is -2.61. The van der Waals surface area contributed by atoms with Crippen molar-refractivity contribution in [2.24, 2.45) is 5.73 Å². The van der Waals surface area contributed by atoms with E-state index in [1.807, 2.05) is 13.8 Å². The van der Waals surface area contributed by atoms with Crippen LogP contribution in [0.5, 0.6) is 0 Å². The largest absolute Gasteiger partial charge is 0.364 e. The van der Waals surface area contributed by atoms with Crippen LogP contribution in [0.3, 0.4) is 0 Å². The molecule has 5 nitrogen and oxygen atoms in total. The molecule has 0 radical (unpaired) electrons. The molecule has 0 aromatic heterocycles. The van der Waals surface area contributed by atoms with E-state index in [-0.39, 0.29) is 11.6 Å². The van der Waals surface area contributed by atoms with Gasteiger partial charge in [-0.2, -0.15) is 0 Å². The molecule has 14 heavy (non-hydrogen) atoms. The van der Waals surface area contributed by atoms with Gasteiger partial charge >= 0.3 is 0 Å². The maximum absolute atomic E-state index is 11.3. The average Bonchev–Trinajstić information content (AvgIpc) is 2.16. The molecule has 0 aromatic carbocycles. The second kappa shape index (κ2) is 3.69. The Bertz CT molecular complexity index is 292. The molecule has 78 valence electrons. The molecule has 0 aliphatic carbocycles. The van der Waals surface area contributed by atoms with E-state index >= 15 is 0 Å². The first-order valence-electron chi connectivity index (χ1n) is 4.65. The molecule has 4 N–H and O–H groups in total. The third-order valence-corrected chi connectivity index (χ3v) is 2.48. The number of nitrogens with one attached hydrogen (secondary N) is 2. The third kappa shape index (κ3) is 1.86. The molecule has 2 amide bonds. The molecular weight excluding hydrogens is 182 g/mol. The van der Waals surface area contributed by atoms with Gasteiger partial charge in [0, 0.05) is 6.08 Å². The fourth-order valence-corrected chi connectivity index (χ4v) is 1.46. The standard InChI is InChI=1S/C9H15N3O2/c1-3-9(4-2)11-6(8(10)14)5-7(13)12-9/h5,11H,3-4H2,1-2H3,(H2,10,14)(H,12,13). The molecule has 1 aliphatic rings. The molecule has 5 heteroatoms. The Balaban J connectivity index is 2.95. The molecule has 0 atom stereocenters. The molecule has 0 spiro atoms. The van der Waals surface area contributed by atoms with Crippen LogP contribution in [0.15, 0.2) is 11.8 Å².